The fourth-order valence-electron chi connectivity index (χ4n) is 2.93. The number of hydrogen-bond donors (Lipinski definition) is 1. The molecule has 2 aliphatic heterocycles. The molecule has 0 aromatic carbocycles. The number of amides is 1. The quantitative estimate of drug-likeness (QED) is 0.728. The number of ether oxygens (including phenoxy) is 2. The first-order valence-electron chi connectivity index (χ1n) is 7.98. The summed E-state index contributed by atoms with van der Waals surface area (Å²) < 4.78 is 11.6. The van der Waals surface area contributed by atoms with Crippen LogP contribution >= 0.6 is 0 Å². The summed E-state index contributed by atoms with van der Waals surface area (Å²) in [5, 5.41) is 9.10. The van der Waals surface area contributed by atoms with Gasteiger partial charge in [-0.2, -0.15) is 0 Å². The third-order valence-electron chi connectivity index (χ3n) is 4.17. The molecule has 21 heavy (non-hydrogen) atoms. The standard InChI is InChI=1S/C16H27NO4/c1-4-20-16-12(6-5-9-18)13(11(2)3)10-14(21-16)15(19)17-7-8-17/h10-13,16,18H,4-9H2,1-3H3/t12-,13-,16-/m1/s1. The number of carbonyl (C=O) groups excluding carboxylic acids is 1. The van der Waals surface area contributed by atoms with Crippen LogP contribution in [-0.2, 0) is 14.3 Å². The average molecular weight is 297 g/mol. The Balaban J connectivity index is 2.19. The van der Waals surface area contributed by atoms with Crippen molar-refractivity contribution in [2.75, 3.05) is 26.3 Å². The van der Waals surface area contributed by atoms with Crippen molar-refractivity contribution in [2.45, 2.75) is 39.9 Å². The molecule has 0 radical (unpaired) electrons. The van der Waals surface area contributed by atoms with Gasteiger partial charge in [-0.3, -0.25) is 4.79 Å². The molecule has 1 saturated heterocycles. The normalized spacial score (nSPS) is 28.3. The number of aliphatic hydroxyl groups excluding tert-OH is 1. The molecular weight excluding hydrogens is 270 g/mol. The van der Waals surface area contributed by atoms with Crippen LogP contribution in [0, 0.1) is 17.8 Å². The molecule has 1 N–H and O–H groups in total. The summed E-state index contributed by atoms with van der Waals surface area (Å²) in [7, 11) is 0. The van der Waals surface area contributed by atoms with Gasteiger partial charge in [0.05, 0.1) is 0 Å². The average Bonchev–Trinajstić information content (AvgIpc) is 3.29. The minimum atomic E-state index is -0.391. The maximum Gasteiger partial charge on any atom is 0.288 e. The second kappa shape index (κ2) is 7.27. The van der Waals surface area contributed by atoms with Crippen molar-refractivity contribution in [3.63, 3.8) is 0 Å². The molecular formula is C16H27NO4. The van der Waals surface area contributed by atoms with Crippen molar-refractivity contribution in [1.29, 1.82) is 0 Å². The fraction of sp³-hybridized carbons (Fsp3) is 0.812. The van der Waals surface area contributed by atoms with Crippen LogP contribution in [0.25, 0.3) is 0 Å². The first-order valence-corrected chi connectivity index (χ1v) is 7.98. The van der Waals surface area contributed by atoms with Crippen LogP contribution in [0.1, 0.15) is 33.6 Å². The van der Waals surface area contributed by atoms with Crippen molar-refractivity contribution in [2.24, 2.45) is 17.8 Å². The number of aliphatic hydroxyl groups is 1. The van der Waals surface area contributed by atoms with Crippen LogP contribution in [0.5, 0.6) is 0 Å². The summed E-state index contributed by atoms with van der Waals surface area (Å²) in [5.74, 6) is 1.23. The summed E-state index contributed by atoms with van der Waals surface area (Å²) in [6, 6.07) is 0. The van der Waals surface area contributed by atoms with E-state index in [9.17, 15) is 4.79 Å². The molecule has 0 aromatic rings. The largest absolute Gasteiger partial charge is 0.459 e. The highest BCUT2D eigenvalue weighted by atomic mass is 16.7. The Labute approximate surface area is 126 Å². The summed E-state index contributed by atoms with van der Waals surface area (Å²) in [6.07, 6.45) is 3.15. The lowest BCUT2D eigenvalue weighted by Gasteiger charge is -2.38. The molecule has 120 valence electrons. The SMILES string of the molecule is CCO[C@@H]1OC(C(=O)N2CC2)=C[C@H](C(C)C)[C@H]1CCCO. The Morgan fingerprint density at radius 1 is 1.52 bits per heavy atom. The van der Waals surface area contributed by atoms with Crippen molar-refractivity contribution < 1.29 is 19.4 Å². The van der Waals surface area contributed by atoms with Crippen molar-refractivity contribution in [1.82, 2.24) is 4.90 Å². The molecule has 2 heterocycles. The minimum Gasteiger partial charge on any atom is -0.459 e. The highest BCUT2D eigenvalue weighted by Gasteiger charge is 2.40. The van der Waals surface area contributed by atoms with Gasteiger partial charge in [-0.15, -0.1) is 0 Å². The van der Waals surface area contributed by atoms with Gasteiger partial charge in [0.2, 0.25) is 6.29 Å². The van der Waals surface area contributed by atoms with Crippen molar-refractivity contribution in [3.05, 3.63) is 11.8 Å². The Morgan fingerprint density at radius 2 is 2.24 bits per heavy atom. The van der Waals surface area contributed by atoms with Gasteiger partial charge < -0.3 is 19.5 Å². The predicted molar refractivity (Wildman–Crippen MR) is 79.3 cm³/mol. The Kier molecular flexibility index (Phi) is 5.65. The van der Waals surface area contributed by atoms with Gasteiger partial charge in [-0.05, 0) is 37.7 Å². The number of hydrogen-bond acceptors (Lipinski definition) is 4. The molecule has 5 nitrogen and oxygen atoms in total. The first kappa shape index (κ1) is 16.3. The lowest BCUT2D eigenvalue weighted by atomic mass is 9.78. The molecule has 3 atom stereocenters. The zero-order valence-electron chi connectivity index (χ0n) is 13.2. The number of nitrogens with zero attached hydrogens (tertiary/aromatic N) is 1. The highest BCUT2D eigenvalue weighted by Crippen LogP contribution is 2.37. The molecule has 1 fully saturated rings. The topological polar surface area (TPSA) is 58.8 Å². The van der Waals surface area contributed by atoms with E-state index in [2.05, 4.69) is 13.8 Å². The fourth-order valence-corrected chi connectivity index (χ4v) is 2.93. The lowest BCUT2D eigenvalue weighted by Crippen LogP contribution is -2.40. The second-order valence-corrected chi connectivity index (χ2v) is 6.12. The van der Waals surface area contributed by atoms with Gasteiger partial charge in [0, 0.05) is 32.2 Å². The van der Waals surface area contributed by atoms with Gasteiger partial charge in [-0.1, -0.05) is 13.8 Å². The molecule has 2 rings (SSSR count). The molecule has 1 amide bonds. The minimum absolute atomic E-state index is 0.0223. The maximum atomic E-state index is 12.2. The molecule has 0 aromatic heterocycles. The molecule has 5 heteroatoms. The van der Waals surface area contributed by atoms with E-state index in [1.165, 1.54) is 0 Å². The predicted octanol–water partition coefficient (Wildman–Crippen LogP) is 1.77. The van der Waals surface area contributed by atoms with Gasteiger partial charge in [0.1, 0.15) is 0 Å². The summed E-state index contributed by atoms with van der Waals surface area (Å²) >= 11 is 0. The first-order chi connectivity index (χ1) is 10.1. The van der Waals surface area contributed by atoms with Gasteiger partial charge >= 0.3 is 0 Å². The highest BCUT2D eigenvalue weighted by molar-refractivity contribution is 5.93. The lowest BCUT2D eigenvalue weighted by molar-refractivity contribution is -0.176. The molecule has 2 aliphatic rings. The van der Waals surface area contributed by atoms with E-state index in [4.69, 9.17) is 14.6 Å². The molecule has 0 spiro atoms. The van der Waals surface area contributed by atoms with Gasteiger partial charge in [0.15, 0.2) is 5.76 Å². The number of carbonyl (C=O) groups is 1. The summed E-state index contributed by atoms with van der Waals surface area (Å²) in [5.41, 5.74) is 0. The molecule has 0 saturated carbocycles. The van der Waals surface area contributed by atoms with E-state index < -0.39 is 6.29 Å². The third kappa shape index (κ3) is 3.98. The smallest absolute Gasteiger partial charge is 0.288 e. The van der Waals surface area contributed by atoms with Crippen LogP contribution in [0.2, 0.25) is 0 Å². The zero-order chi connectivity index (χ0) is 15.4. The van der Waals surface area contributed by atoms with E-state index >= 15 is 0 Å². The van der Waals surface area contributed by atoms with E-state index in [0.29, 0.717) is 18.3 Å². The molecule has 0 bridgehead atoms. The zero-order valence-corrected chi connectivity index (χ0v) is 13.2. The summed E-state index contributed by atoms with van der Waals surface area (Å²) in [6.45, 7) is 8.60. The number of rotatable bonds is 7. The van der Waals surface area contributed by atoms with Crippen LogP contribution in [-0.4, -0.2) is 48.5 Å². The van der Waals surface area contributed by atoms with E-state index in [1.54, 1.807) is 4.90 Å². The van der Waals surface area contributed by atoms with E-state index in [1.807, 2.05) is 13.0 Å². The maximum absolute atomic E-state index is 12.2. The third-order valence-corrected chi connectivity index (χ3v) is 4.17. The Hall–Kier alpha value is -1.07. The molecule has 0 aliphatic carbocycles. The number of allylic oxidation sites excluding steroid dienone is 1. The molecule has 0 unspecified atom stereocenters. The van der Waals surface area contributed by atoms with Crippen LogP contribution in [0.3, 0.4) is 0 Å². The van der Waals surface area contributed by atoms with Gasteiger partial charge in [-0.25, -0.2) is 0 Å². The van der Waals surface area contributed by atoms with E-state index in [-0.39, 0.29) is 24.3 Å². The van der Waals surface area contributed by atoms with Crippen molar-refractivity contribution in [3.8, 4) is 0 Å². The monoisotopic (exact) mass is 297 g/mol. The van der Waals surface area contributed by atoms with Crippen LogP contribution in [0.4, 0.5) is 0 Å². The summed E-state index contributed by atoms with van der Waals surface area (Å²) in [4.78, 5) is 14.0. The second-order valence-electron chi connectivity index (χ2n) is 6.12. The Bertz CT molecular complexity index is 390. The van der Waals surface area contributed by atoms with E-state index in [0.717, 1.165) is 25.9 Å². The van der Waals surface area contributed by atoms with Crippen LogP contribution in [0.15, 0.2) is 11.8 Å². The van der Waals surface area contributed by atoms with Crippen molar-refractivity contribution >= 4 is 5.91 Å². The Morgan fingerprint density at radius 3 is 2.76 bits per heavy atom. The van der Waals surface area contributed by atoms with Crippen LogP contribution < -0.4 is 0 Å². The van der Waals surface area contributed by atoms with Gasteiger partial charge in [0.25, 0.3) is 5.91 Å².